The number of nitrogens with two attached hydrogens (primary N) is 1. The fourth-order valence-electron chi connectivity index (χ4n) is 3.28. The lowest BCUT2D eigenvalue weighted by molar-refractivity contribution is 0.0222. The second-order valence-corrected chi connectivity index (χ2v) is 5.89. The number of guanidine groups is 1. The van der Waals surface area contributed by atoms with Crippen LogP contribution in [0, 0.1) is 5.92 Å². The molecule has 0 radical (unpaired) electrons. The molecule has 2 aliphatic carbocycles. The number of methoxy groups -OCH3 is 1. The summed E-state index contributed by atoms with van der Waals surface area (Å²) in [6.07, 6.45) is 7.87. The number of ether oxygens (including phenoxy) is 1. The van der Waals surface area contributed by atoms with Gasteiger partial charge in [-0.05, 0) is 44.4 Å². The standard InChI is InChI=1S/C13H23N3O/c1-17-11-4-6-13(7-5-11)9-15-12(14)16(13)8-10-2-3-10/h10-11H,2-9H2,1H3,(H2,14,15). The monoisotopic (exact) mass is 237 g/mol. The lowest BCUT2D eigenvalue weighted by atomic mass is 9.79. The number of hydrogen-bond acceptors (Lipinski definition) is 4. The summed E-state index contributed by atoms with van der Waals surface area (Å²) in [6, 6.07) is 0. The molecule has 1 heterocycles. The first-order chi connectivity index (χ1) is 8.23. The van der Waals surface area contributed by atoms with Crippen LogP contribution in [0.2, 0.25) is 0 Å². The quantitative estimate of drug-likeness (QED) is 0.806. The third-order valence-corrected chi connectivity index (χ3v) is 4.72. The molecule has 4 heteroatoms. The highest BCUT2D eigenvalue weighted by atomic mass is 16.5. The van der Waals surface area contributed by atoms with Gasteiger partial charge in [-0.15, -0.1) is 0 Å². The van der Waals surface area contributed by atoms with Gasteiger partial charge in [0.1, 0.15) is 0 Å². The van der Waals surface area contributed by atoms with Gasteiger partial charge < -0.3 is 15.4 Å². The van der Waals surface area contributed by atoms with E-state index in [1.54, 1.807) is 0 Å². The molecule has 0 aromatic rings. The maximum absolute atomic E-state index is 6.07. The minimum absolute atomic E-state index is 0.238. The second kappa shape index (κ2) is 4.16. The highest BCUT2D eigenvalue weighted by Gasteiger charge is 2.46. The number of nitrogens with zero attached hydrogens (tertiary/aromatic N) is 2. The van der Waals surface area contributed by atoms with E-state index < -0.39 is 0 Å². The van der Waals surface area contributed by atoms with E-state index in [-0.39, 0.29) is 5.54 Å². The first-order valence-corrected chi connectivity index (χ1v) is 6.84. The first-order valence-electron chi connectivity index (χ1n) is 6.84. The van der Waals surface area contributed by atoms with E-state index in [0.717, 1.165) is 37.8 Å². The highest BCUT2D eigenvalue weighted by molar-refractivity contribution is 5.81. The fraction of sp³-hybridized carbons (Fsp3) is 0.923. The number of hydrogen-bond donors (Lipinski definition) is 1. The average Bonchev–Trinajstić information content (AvgIpc) is 3.13. The molecule has 0 unspecified atom stereocenters. The molecule has 2 saturated carbocycles. The van der Waals surface area contributed by atoms with Crippen LogP contribution in [-0.2, 0) is 4.74 Å². The molecule has 3 aliphatic rings. The third kappa shape index (κ3) is 2.03. The molecule has 3 rings (SSSR count). The van der Waals surface area contributed by atoms with Gasteiger partial charge in [0, 0.05) is 13.7 Å². The van der Waals surface area contributed by atoms with E-state index in [4.69, 9.17) is 10.5 Å². The van der Waals surface area contributed by atoms with Gasteiger partial charge >= 0.3 is 0 Å². The molecule has 2 fully saturated rings. The smallest absolute Gasteiger partial charge is 0.191 e. The Morgan fingerprint density at radius 1 is 1.35 bits per heavy atom. The Labute approximate surface area is 103 Å². The van der Waals surface area contributed by atoms with Gasteiger partial charge in [-0.1, -0.05) is 0 Å². The van der Waals surface area contributed by atoms with E-state index in [2.05, 4.69) is 9.89 Å². The summed E-state index contributed by atoms with van der Waals surface area (Å²) in [6.45, 7) is 2.04. The van der Waals surface area contributed by atoms with Gasteiger partial charge in [-0.2, -0.15) is 0 Å². The summed E-state index contributed by atoms with van der Waals surface area (Å²) >= 11 is 0. The minimum Gasteiger partial charge on any atom is -0.381 e. The van der Waals surface area contributed by atoms with Crippen LogP contribution in [-0.4, -0.2) is 42.7 Å². The molecule has 1 aliphatic heterocycles. The molecule has 1 spiro atoms. The van der Waals surface area contributed by atoms with Crippen molar-refractivity contribution in [2.45, 2.75) is 50.2 Å². The Morgan fingerprint density at radius 2 is 2.06 bits per heavy atom. The topological polar surface area (TPSA) is 50.9 Å². The lowest BCUT2D eigenvalue weighted by Crippen LogP contribution is -2.54. The molecule has 0 bridgehead atoms. The van der Waals surface area contributed by atoms with Gasteiger partial charge in [0.25, 0.3) is 0 Å². The van der Waals surface area contributed by atoms with Gasteiger partial charge in [0.05, 0.1) is 18.2 Å². The number of rotatable bonds is 3. The van der Waals surface area contributed by atoms with Crippen molar-refractivity contribution in [2.75, 3.05) is 20.2 Å². The van der Waals surface area contributed by atoms with Gasteiger partial charge in [0.2, 0.25) is 0 Å². The molecule has 0 aromatic carbocycles. The Balaban J connectivity index is 1.68. The van der Waals surface area contributed by atoms with Crippen molar-refractivity contribution in [2.24, 2.45) is 16.6 Å². The average molecular weight is 237 g/mol. The number of aliphatic imine (C=N–C) groups is 1. The molecule has 2 N–H and O–H groups in total. The molecule has 0 aromatic heterocycles. The van der Waals surface area contributed by atoms with Crippen LogP contribution in [0.5, 0.6) is 0 Å². The Bertz CT molecular complexity index is 317. The van der Waals surface area contributed by atoms with Crippen molar-refractivity contribution < 1.29 is 4.74 Å². The van der Waals surface area contributed by atoms with Gasteiger partial charge in [-0.25, -0.2) is 0 Å². The lowest BCUT2D eigenvalue weighted by Gasteiger charge is -2.44. The predicted molar refractivity (Wildman–Crippen MR) is 67.9 cm³/mol. The minimum atomic E-state index is 0.238. The van der Waals surface area contributed by atoms with Crippen molar-refractivity contribution in [3.05, 3.63) is 0 Å². The largest absolute Gasteiger partial charge is 0.381 e. The van der Waals surface area contributed by atoms with Crippen LogP contribution in [0.1, 0.15) is 38.5 Å². The summed E-state index contributed by atoms with van der Waals surface area (Å²) < 4.78 is 5.46. The van der Waals surface area contributed by atoms with Crippen LogP contribution in [0.25, 0.3) is 0 Å². The Morgan fingerprint density at radius 3 is 2.65 bits per heavy atom. The highest BCUT2D eigenvalue weighted by Crippen LogP contribution is 2.40. The Hall–Kier alpha value is -0.770. The van der Waals surface area contributed by atoms with Crippen LogP contribution >= 0.6 is 0 Å². The fourth-order valence-corrected chi connectivity index (χ4v) is 3.28. The van der Waals surface area contributed by atoms with Crippen LogP contribution in [0.4, 0.5) is 0 Å². The molecule has 96 valence electrons. The molecular weight excluding hydrogens is 214 g/mol. The van der Waals surface area contributed by atoms with E-state index in [9.17, 15) is 0 Å². The molecular formula is C13H23N3O. The van der Waals surface area contributed by atoms with Crippen molar-refractivity contribution in [3.63, 3.8) is 0 Å². The van der Waals surface area contributed by atoms with Crippen molar-refractivity contribution in [1.82, 2.24) is 4.90 Å². The van der Waals surface area contributed by atoms with Crippen LogP contribution in [0.3, 0.4) is 0 Å². The molecule has 0 saturated heterocycles. The zero-order valence-corrected chi connectivity index (χ0v) is 10.7. The molecule has 0 amide bonds. The zero-order valence-electron chi connectivity index (χ0n) is 10.7. The van der Waals surface area contributed by atoms with Gasteiger partial charge in [0.15, 0.2) is 5.96 Å². The first kappa shape index (κ1) is 11.3. The Kier molecular flexibility index (Phi) is 2.77. The van der Waals surface area contributed by atoms with Crippen molar-refractivity contribution >= 4 is 5.96 Å². The summed E-state index contributed by atoms with van der Waals surface area (Å²) in [5, 5.41) is 0. The maximum atomic E-state index is 6.07. The zero-order chi connectivity index (χ0) is 11.9. The van der Waals surface area contributed by atoms with E-state index in [1.807, 2.05) is 7.11 Å². The van der Waals surface area contributed by atoms with E-state index in [1.165, 1.54) is 25.7 Å². The predicted octanol–water partition coefficient (Wildman–Crippen LogP) is 1.35. The summed E-state index contributed by atoms with van der Waals surface area (Å²) in [5.74, 6) is 1.66. The SMILES string of the molecule is COC1CCC2(CC1)CN=C(N)N2CC1CC1. The normalized spacial score (nSPS) is 37.6. The summed E-state index contributed by atoms with van der Waals surface area (Å²) in [7, 11) is 1.82. The van der Waals surface area contributed by atoms with Crippen molar-refractivity contribution in [3.8, 4) is 0 Å². The van der Waals surface area contributed by atoms with E-state index in [0.29, 0.717) is 6.10 Å². The maximum Gasteiger partial charge on any atom is 0.191 e. The van der Waals surface area contributed by atoms with Crippen LogP contribution in [0.15, 0.2) is 4.99 Å². The van der Waals surface area contributed by atoms with Gasteiger partial charge in [-0.3, -0.25) is 4.99 Å². The summed E-state index contributed by atoms with van der Waals surface area (Å²) in [4.78, 5) is 6.92. The molecule has 4 nitrogen and oxygen atoms in total. The molecule has 0 atom stereocenters. The van der Waals surface area contributed by atoms with E-state index >= 15 is 0 Å². The third-order valence-electron chi connectivity index (χ3n) is 4.72. The van der Waals surface area contributed by atoms with Crippen LogP contribution < -0.4 is 5.73 Å². The second-order valence-electron chi connectivity index (χ2n) is 5.89. The van der Waals surface area contributed by atoms with Crippen molar-refractivity contribution in [1.29, 1.82) is 0 Å². The summed E-state index contributed by atoms with van der Waals surface area (Å²) in [5.41, 5.74) is 6.31. The molecule has 17 heavy (non-hydrogen) atoms.